The molecule has 1 amide bonds. The maximum atomic E-state index is 13.7. The predicted octanol–water partition coefficient (Wildman–Crippen LogP) is 2.93. The van der Waals surface area contributed by atoms with Crippen LogP contribution in [0.4, 0.5) is 10.1 Å². The number of aliphatic carboxylic acids is 1. The normalized spacial score (nSPS) is 17.8. The van der Waals surface area contributed by atoms with Crippen molar-refractivity contribution < 1.29 is 19.1 Å². The number of hydrogen-bond acceptors (Lipinski definition) is 2. The summed E-state index contributed by atoms with van der Waals surface area (Å²) < 4.78 is 13.7. The third-order valence-corrected chi connectivity index (χ3v) is 3.84. The van der Waals surface area contributed by atoms with Crippen LogP contribution in [0, 0.1) is 11.7 Å². The van der Waals surface area contributed by atoms with E-state index in [0.29, 0.717) is 16.8 Å². The maximum absolute atomic E-state index is 13.7. The van der Waals surface area contributed by atoms with Gasteiger partial charge in [-0.25, -0.2) is 4.39 Å². The summed E-state index contributed by atoms with van der Waals surface area (Å²) in [4.78, 5) is 24.3. The van der Waals surface area contributed by atoms with Crippen LogP contribution in [0.2, 0.25) is 0 Å². The van der Waals surface area contributed by atoms with Crippen molar-refractivity contribution >= 4 is 17.6 Å². The summed E-state index contributed by atoms with van der Waals surface area (Å²) in [6.07, 6.45) is 0.0183. The molecule has 1 aliphatic rings. The van der Waals surface area contributed by atoms with Gasteiger partial charge in [-0.2, -0.15) is 0 Å². The van der Waals surface area contributed by atoms with Crippen LogP contribution in [0.3, 0.4) is 0 Å². The van der Waals surface area contributed by atoms with Gasteiger partial charge in [-0.1, -0.05) is 30.3 Å². The number of rotatable bonds is 3. The molecule has 0 spiro atoms. The smallest absolute Gasteiger partial charge is 0.308 e. The molecule has 0 aromatic heterocycles. The Labute approximate surface area is 126 Å². The van der Waals surface area contributed by atoms with E-state index in [9.17, 15) is 14.0 Å². The standard InChI is InChI=1S/C17H14FNO3/c18-15-4-2-1-3-14(15)11-5-7-13(8-6-11)19-10-12(17(21)22)9-16(19)20/h1-8,12H,9-10H2,(H,21,22). The molecule has 1 saturated heterocycles. The summed E-state index contributed by atoms with van der Waals surface area (Å²) >= 11 is 0. The minimum absolute atomic E-state index is 0.0183. The third-order valence-electron chi connectivity index (χ3n) is 3.84. The highest BCUT2D eigenvalue weighted by molar-refractivity contribution is 5.99. The Balaban J connectivity index is 1.85. The van der Waals surface area contributed by atoms with E-state index in [1.165, 1.54) is 11.0 Å². The summed E-state index contributed by atoms with van der Waals surface area (Å²) in [5, 5.41) is 9.00. The van der Waals surface area contributed by atoms with Gasteiger partial charge in [-0.15, -0.1) is 0 Å². The Bertz CT molecular complexity index is 727. The minimum atomic E-state index is -0.959. The van der Waals surface area contributed by atoms with E-state index in [-0.39, 0.29) is 24.7 Å². The van der Waals surface area contributed by atoms with Crippen molar-refractivity contribution in [1.82, 2.24) is 0 Å². The first-order chi connectivity index (χ1) is 10.6. The molecule has 4 nitrogen and oxygen atoms in total. The lowest BCUT2D eigenvalue weighted by molar-refractivity contribution is -0.141. The molecule has 3 rings (SSSR count). The van der Waals surface area contributed by atoms with Crippen LogP contribution < -0.4 is 4.90 Å². The molecular formula is C17H14FNO3. The Kier molecular flexibility index (Phi) is 3.63. The van der Waals surface area contributed by atoms with Crippen molar-refractivity contribution in [1.29, 1.82) is 0 Å². The van der Waals surface area contributed by atoms with Crippen molar-refractivity contribution in [2.75, 3.05) is 11.4 Å². The van der Waals surface area contributed by atoms with Crippen LogP contribution in [-0.4, -0.2) is 23.5 Å². The number of amides is 1. The van der Waals surface area contributed by atoms with Crippen LogP contribution >= 0.6 is 0 Å². The van der Waals surface area contributed by atoms with Gasteiger partial charge in [0.05, 0.1) is 5.92 Å². The Morgan fingerprint density at radius 2 is 1.82 bits per heavy atom. The Morgan fingerprint density at radius 3 is 2.41 bits per heavy atom. The fourth-order valence-electron chi connectivity index (χ4n) is 2.64. The molecule has 1 heterocycles. The molecule has 1 fully saturated rings. The van der Waals surface area contributed by atoms with E-state index in [1.807, 2.05) is 0 Å². The fraction of sp³-hybridized carbons (Fsp3) is 0.176. The average molecular weight is 299 g/mol. The monoisotopic (exact) mass is 299 g/mol. The fourth-order valence-corrected chi connectivity index (χ4v) is 2.64. The molecule has 1 N–H and O–H groups in total. The summed E-state index contributed by atoms with van der Waals surface area (Å²) in [5.74, 6) is -2.14. The molecule has 1 unspecified atom stereocenters. The van der Waals surface area contributed by atoms with E-state index in [2.05, 4.69) is 0 Å². The predicted molar refractivity (Wildman–Crippen MR) is 79.9 cm³/mol. The van der Waals surface area contributed by atoms with Gasteiger partial charge in [-0.05, 0) is 23.8 Å². The molecule has 2 aromatic carbocycles. The summed E-state index contributed by atoms with van der Waals surface area (Å²) in [5.41, 5.74) is 1.84. The Morgan fingerprint density at radius 1 is 1.14 bits per heavy atom. The zero-order chi connectivity index (χ0) is 15.7. The second-order valence-electron chi connectivity index (χ2n) is 5.27. The van der Waals surface area contributed by atoms with Crippen molar-refractivity contribution in [3.63, 3.8) is 0 Å². The second-order valence-corrected chi connectivity index (χ2v) is 5.27. The first kappa shape index (κ1) is 14.3. The highest BCUT2D eigenvalue weighted by Gasteiger charge is 2.34. The number of carboxylic acid groups (broad SMARTS) is 1. The number of benzene rings is 2. The number of halogens is 1. The van der Waals surface area contributed by atoms with Gasteiger partial charge in [-0.3, -0.25) is 9.59 Å². The van der Waals surface area contributed by atoms with Crippen LogP contribution in [0.15, 0.2) is 48.5 Å². The van der Waals surface area contributed by atoms with Gasteiger partial charge in [0, 0.05) is 24.2 Å². The van der Waals surface area contributed by atoms with Crippen LogP contribution in [-0.2, 0) is 9.59 Å². The van der Waals surface area contributed by atoms with E-state index in [4.69, 9.17) is 5.11 Å². The molecule has 2 aromatic rings. The van der Waals surface area contributed by atoms with Crippen molar-refractivity contribution in [2.45, 2.75) is 6.42 Å². The summed E-state index contributed by atoms with van der Waals surface area (Å²) in [6.45, 7) is 0.174. The van der Waals surface area contributed by atoms with E-state index < -0.39 is 11.9 Å². The molecular weight excluding hydrogens is 285 g/mol. The molecule has 0 radical (unpaired) electrons. The third kappa shape index (κ3) is 2.57. The highest BCUT2D eigenvalue weighted by atomic mass is 19.1. The lowest BCUT2D eigenvalue weighted by Gasteiger charge is -2.16. The molecule has 112 valence electrons. The molecule has 22 heavy (non-hydrogen) atoms. The zero-order valence-corrected chi connectivity index (χ0v) is 11.7. The first-order valence-corrected chi connectivity index (χ1v) is 6.94. The second kappa shape index (κ2) is 5.60. The number of anilines is 1. The number of nitrogens with zero attached hydrogens (tertiary/aromatic N) is 1. The van der Waals surface area contributed by atoms with E-state index >= 15 is 0 Å². The molecule has 1 atom stereocenters. The van der Waals surface area contributed by atoms with E-state index in [0.717, 1.165) is 0 Å². The molecule has 0 saturated carbocycles. The summed E-state index contributed by atoms with van der Waals surface area (Å²) in [6, 6.07) is 13.4. The Hall–Kier alpha value is -2.69. The van der Waals surface area contributed by atoms with Gasteiger partial charge >= 0.3 is 5.97 Å². The van der Waals surface area contributed by atoms with E-state index in [1.54, 1.807) is 42.5 Å². The quantitative estimate of drug-likeness (QED) is 0.948. The highest BCUT2D eigenvalue weighted by Crippen LogP contribution is 2.29. The number of hydrogen-bond donors (Lipinski definition) is 1. The van der Waals surface area contributed by atoms with Crippen LogP contribution in [0.5, 0.6) is 0 Å². The largest absolute Gasteiger partial charge is 0.481 e. The first-order valence-electron chi connectivity index (χ1n) is 6.94. The van der Waals surface area contributed by atoms with Gasteiger partial charge in [0.1, 0.15) is 5.82 Å². The van der Waals surface area contributed by atoms with Crippen molar-refractivity contribution in [2.24, 2.45) is 5.92 Å². The lowest BCUT2D eigenvalue weighted by Crippen LogP contribution is -2.25. The lowest BCUT2D eigenvalue weighted by atomic mass is 10.0. The topological polar surface area (TPSA) is 57.6 Å². The SMILES string of the molecule is O=C(O)C1CC(=O)N(c2ccc(-c3ccccc3F)cc2)C1. The van der Waals surface area contributed by atoms with Crippen LogP contribution in [0.1, 0.15) is 6.42 Å². The number of carbonyl (C=O) groups is 2. The molecule has 5 heteroatoms. The summed E-state index contributed by atoms with van der Waals surface area (Å²) in [7, 11) is 0. The average Bonchev–Trinajstić information content (AvgIpc) is 2.90. The van der Waals surface area contributed by atoms with Gasteiger partial charge in [0.2, 0.25) is 5.91 Å². The molecule has 0 bridgehead atoms. The van der Waals surface area contributed by atoms with Crippen molar-refractivity contribution in [3.8, 4) is 11.1 Å². The maximum Gasteiger partial charge on any atom is 0.308 e. The number of carbonyl (C=O) groups excluding carboxylic acids is 1. The minimum Gasteiger partial charge on any atom is -0.481 e. The van der Waals surface area contributed by atoms with Crippen LogP contribution in [0.25, 0.3) is 11.1 Å². The van der Waals surface area contributed by atoms with Gasteiger partial charge in [0.15, 0.2) is 0 Å². The zero-order valence-electron chi connectivity index (χ0n) is 11.7. The molecule has 1 aliphatic heterocycles. The van der Waals surface area contributed by atoms with Gasteiger partial charge in [0.25, 0.3) is 0 Å². The van der Waals surface area contributed by atoms with Crippen molar-refractivity contribution in [3.05, 3.63) is 54.3 Å². The van der Waals surface area contributed by atoms with Gasteiger partial charge < -0.3 is 10.0 Å². The molecule has 0 aliphatic carbocycles. The number of carboxylic acids is 1.